The number of ether oxygens (including phenoxy) is 2. The first-order chi connectivity index (χ1) is 16.6. The van der Waals surface area contributed by atoms with Gasteiger partial charge in [0, 0.05) is 11.6 Å². The Balaban J connectivity index is 1.95. The van der Waals surface area contributed by atoms with Crippen LogP contribution in [0.4, 0.5) is 0 Å². The number of carbonyl (C=O) groups is 1. The zero-order valence-electron chi connectivity index (χ0n) is 20.3. The van der Waals surface area contributed by atoms with Gasteiger partial charge >= 0.3 is 0 Å². The Morgan fingerprint density at radius 1 is 1.14 bits per heavy atom. The molecule has 0 aliphatic carbocycles. The summed E-state index contributed by atoms with van der Waals surface area (Å²) in [5.74, 6) is 0.128. The fourth-order valence-corrected chi connectivity index (χ4v) is 4.03. The SMILES string of the molecule is COc1ccc(CCn2c(O)c(C(=O)C(C)Oc3cc(C)c(Cl)c(C)c3)c(C)c(C#N)c2=O)cc1. The molecule has 0 fully saturated rings. The number of nitriles is 1. The molecule has 0 aliphatic heterocycles. The normalized spacial score (nSPS) is 11.6. The van der Waals surface area contributed by atoms with Gasteiger partial charge in [0.05, 0.1) is 12.7 Å². The second-order valence-corrected chi connectivity index (χ2v) is 8.74. The van der Waals surface area contributed by atoms with Gasteiger partial charge in [0.15, 0.2) is 6.10 Å². The number of Topliss-reactive ketones (excluding diaryl/α,β-unsaturated/α-hetero) is 1. The van der Waals surface area contributed by atoms with Crippen LogP contribution in [0.1, 0.15) is 45.1 Å². The van der Waals surface area contributed by atoms with Crippen molar-refractivity contribution in [2.24, 2.45) is 0 Å². The lowest BCUT2D eigenvalue weighted by atomic mass is 9.99. The van der Waals surface area contributed by atoms with E-state index in [4.69, 9.17) is 21.1 Å². The summed E-state index contributed by atoms with van der Waals surface area (Å²) in [5.41, 5.74) is 1.69. The molecule has 0 saturated carbocycles. The third kappa shape index (κ3) is 5.33. The minimum atomic E-state index is -0.987. The summed E-state index contributed by atoms with van der Waals surface area (Å²) >= 11 is 6.22. The van der Waals surface area contributed by atoms with Crippen molar-refractivity contribution >= 4 is 17.4 Å². The zero-order chi connectivity index (χ0) is 25.9. The zero-order valence-corrected chi connectivity index (χ0v) is 21.1. The Labute approximate surface area is 209 Å². The molecule has 2 aromatic carbocycles. The maximum Gasteiger partial charge on any atom is 0.271 e. The van der Waals surface area contributed by atoms with Crippen molar-refractivity contribution in [2.75, 3.05) is 7.11 Å². The van der Waals surface area contributed by atoms with E-state index in [9.17, 15) is 20.0 Å². The number of benzene rings is 2. The third-order valence-corrected chi connectivity index (χ3v) is 6.52. The molecule has 7 nitrogen and oxygen atoms in total. The van der Waals surface area contributed by atoms with Crippen LogP contribution in [0.5, 0.6) is 17.4 Å². The van der Waals surface area contributed by atoms with E-state index < -0.39 is 23.3 Å². The van der Waals surface area contributed by atoms with E-state index in [1.807, 2.05) is 32.0 Å². The highest BCUT2D eigenvalue weighted by molar-refractivity contribution is 6.32. The van der Waals surface area contributed by atoms with Gasteiger partial charge in [-0.1, -0.05) is 23.7 Å². The van der Waals surface area contributed by atoms with Gasteiger partial charge in [-0.2, -0.15) is 5.26 Å². The monoisotopic (exact) mass is 494 g/mol. The topological polar surface area (TPSA) is 102 Å². The summed E-state index contributed by atoms with van der Waals surface area (Å²) in [6, 6.07) is 12.6. The smallest absolute Gasteiger partial charge is 0.271 e. The first-order valence-electron chi connectivity index (χ1n) is 11.1. The van der Waals surface area contributed by atoms with Gasteiger partial charge in [0.25, 0.3) is 5.56 Å². The number of aryl methyl sites for hydroxylation is 3. The summed E-state index contributed by atoms with van der Waals surface area (Å²) in [5, 5.41) is 21.2. The van der Waals surface area contributed by atoms with Crippen LogP contribution >= 0.6 is 11.6 Å². The Bertz CT molecular complexity index is 1350. The number of nitrogens with zero attached hydrogens (tertiary/aromatic N) is 2. The number of pyridine rings is 1. The van der Waals surface area contributed by atoms with Gasteiger partial charge < -0.3 is 14.6 Å². The van der Waals surface area contributed by atoms with Gasteiger partial charge in [-0.15, -0.1) is 0 Å². The summed E-state index contributed by atoms with van der Waals surface area (Å²) in [4.78, 5) is 26.3. The Morgan fingerprint density at radius 3 is 2.29 bits per heavy atom. The van der Waals surface area contributed by atoms with E-state index in [0.29, 0.717) is 22.9 Å². The first kappa shape index (κ1) is 25.9. The van der Waals surface area contributed by atoms with Crippen molar-refractivity contribution in [2.45, 2.75) is 46.8 Å². The highest BCUT2D eigenvalue weighted by atomic mass is 35.5. The Hall–Kier alpha value is -3.76. The maximum absolute atomic E-state index is 13.4. The van der Waals surface area contributed by atoms with Crippen LogP contribution < -0.4 is 15.0 Å². The number of carbonyl (C=O) groups excluding carboxylic acids is 1. The van der Waals surface area contributed by atoms with Crippen LogP contribution in [0, 0.1) is 32.1 Å². The maximum atomic E-state index is 13.4. The van der Waals surface area contributed by atoms with Gasteiger partial charge in [0.2, 0.25) is 11.7 Å². The number of ketones is 1. The lowest BCUT2D eigenvalue weighted by Gasteiger charge is -2.19. The molecule has 0 radical (unpaired) electrons. The van der Waals surface area contributed by atoms with Crippen molar-refractivity contribution in [3.8, 4) is 23.4 Å². The largest absolute Gasteiger partial charge is 0.497 e. The quantitative estimate of drug-likeness (QED) is 0.446. The number of rotatable bonds is 8. The van der Waals surface area contributed by atoms with Crippen LogP contribution in [-0.4, -0.2) is 28.7 Å². The fourth-order valence-electron chi connectivity index (χ4n) is 3.92. The van der Waals surface area contributed by atoms with E-state index in [0.717, 1.165) is 21.3 Å². The number of aromatic hydroxyl groups is 1. The molecule has 0 saturated heterocycles. The number of halogens is 1. The average molecular weight is 495 g/mol. The number of hydrogen-bond acceptors (Lipinski definition) is 6. The number of methoxy groups -OCH3 is 1. The standard InChI is InChI=1S/C27H27ClN2O5/c1-15-12-21(13-16(2)24(15)28)35-18(4)25(31)23-17(3)22(14-29)26(32)30(27(23)33)11-10-19-6-8-20(34-5)9-7-19/h6-9,12-13,18,33H,10-11H2,1-5H3. The van der Waals surface area contributed by atoms with Crippen LogP contribution in [-0.2, 0) is 13.0 Å². The van der Waals surface area contributed by atoms with Crippen molar-refractivity contribution in [3.05, 3.63) is 85.2 Å². The molecule has 0 aliphatic rings. The Kier molecular flexibility index (Phi) is 7.88. The molecule has 1 heterocycles. The van der Waals surface area contributed by atoms with Crippen LogP contribution in [0.25, 0.3) is 0 Å². The highest BCUT2D eigenvalue weighted by Crippen LogP contribution is 2.29. The van der Waals surface area contributed by atoms with Gasteiger partial charge in [-0.25, -0.2) is 0 Å². The average Bonchev–Trinajstić information content (AvgIpc) is 2.82. The molecule has 0 amide bonds. The van der Waals surface area contributed by atoms with Gasteiger partial charge in [0.1, 0.15) is 23.1 Å². The second kappa shape index (κ2) is 10.7. The molecule has 1 aromatic heterocycles. The highest BCUT2D eigenvalue weighted by Gasteiger charge is 2.28. The molecule has 8 heteroatoms. The summed E-state index contributed by atoms with van der Waals surface area (Å²) < 4.78 is 12.1. The Morgan fingerprint density at radius 2 is 1.74 bits per heavy atom. The van der Waals surface area contributed by atoms with Gasteiger partial charge in [-0.3, -0.25) is 14.2 Å². The lowest BCUT2D eigenvalue weighted by Crippen LogP contribution is -2.31. The molecule has 1 atom stereocenters. The van der Waals surface area contributed by atoms with Crippen LogP contribution in [0.15, 0.2) is 41.2 Å². The second-order valence-electron chi connectivity index (χ2n) is 8.36. The lowest BCUT2D eigenvalue weighted by molar-refractivity contribution is 0.0812. The van der Waals surface area contributed by atoms with Crippen LogP contribution in [0.3, 0.4) is 0 Å². The first-order valence-corrected chi connectivity index (χ1v) is 11.4. The number of aromatic nitrogens is 1. The van der Waals surface area contributed by atoms with Crippen molar-refractivity contribution < 1.29 is 19.4 Å². The van der Waals surface area contributed by atoms with E-state index >= 15 is 0 Å². The van der Waals surface area contributed by atoms with Crippen molar-refractivity contribution in [1.82, 2.24) is 4.57 Å². The predicted octanol–water partition coefficient (Wildman–Crippen LogP) is 4.91. The molecular weight excluding hydrogens is 468 g/mol. The van der Waals surface area contributed by atoms with E-state index in [-0.39, 0.29) is 23.2 Å². The molecule has 1 N–H and O–H groups in total. The molecular formula is C27H27ClN2O5. The van der Waals surface area contributed by atoms with Crippen molar-refractivity contribution in [1.29, 1.82) is 5.26 Å². The van der Waals surface area contributed by atoms with Crippen LogP contribution in [0.2, 0.25) is 5.02 Å². The van der Waals surface area contributed by atoms with E-state index in [1.165, 1.54) is 6.92 Å². The summed E-state index contributed by atoms with van der Waals surface area (Å²) in [6.45, 7) is 6.78. The minimum Gasteiger partial charge on any atom is -0.497 e. The summed E-state index contributed by atoms with van der Waals surface area (Å²) in [7, 11) is 1.57. The fraction of sp³-hybridized carbons (Fsp3) is 0.296. The number of hydrogen-bond donors (Lipinski definition) is 1. The molecule has 3 aromatic rings. The van der Waals surface area contributed by atoms with Crippen molar-refractivity contribution in [3.63, 3.8) is 0 Å². The molecule has 3 rings (SSSR count). The molecule has 0 spiro atoms. The predicted molar refractivity (Wildman–Crippen MR) is 134 cm³/mol. The summed E-state index contributed by atoms with van der Waals surface area (Å²) in [6.07, 6.45) is -0.590. The molecule has 0 bridgehead atoms. The molecule has 35 heavy (non-hydrogen) atoms. The third-order valence-electron chi connectivity index (χ3n) is 5.92. The molecule has 182 valence electrons. The van der Waals surface area contributed by atoms with Gasteiger partial charge in [-0.05, 0) is 80.6 Å². The van der Waals surface area contributed by atoms with E-state index in [1.54, 1.807) is 38.3 Å². The molecule has 1 unspecified atom stereocenters. The van der Waals surface area contributed by atoms with E-state index in [2.05, 4.69) is 0 Å². The minimum absolute atomic E-state index is 0.0804.